The Kier molecular flexibility index (Phi) is 4.63. The van der Waals surface area contributed by atoms with Crippen molar-refractivity contribution in [2.24, 2.45) is 0 Å². The highest BCUT2D eigenvalue weighted by molar-refractivity contribution is 5.83. The molecule has 0 radical (unpaired) electrons. The van der Waals surface area contributed by atoms with E-state index in [2.05, 4.69) is 5.32 Å². The van der Waals surface area contributed by atoms with Crippen molar-refractivity contribution in [3.05, 3.63) is 36.3 Å². The van der Waals surface area contributed by atoms with Crippen LogP contribution in [-0.2, 0) is 11.3 Å². The molecule has 3 rings (SSSR count). The molecule has 1 heterocycles. The summed E-state index contributed by atoms with van der Waals surface area (Å²) in [4.78, 5) is 12.3. The summed E-state index contributed by atoms with van der Waals surface area (Å²) in [5.74, 6) is -0.606. The van der Waals surface area contributed by atoms with Crippen LogP contribution in [0.2, 0.25) is 0 Å². The zero-order valence-corrected chi connectivity index (χ0v) is 12.8. The van der Waals surface area contributed by atoms with Crippen LogP contribution < -0.4 is 5.32 Å². The van der Waals surface area contributed by atoms with Gasteiger partial charge in [-0.1, -0.05) is 12.8 Å². The zero-order valence-electron chi connectivity index (χ0n) is 12.8. The summed E-state index contributed by atoms with van der Waals surface area (Å²) in [6.07, 6.45) is 2.88. The first-order valence-electron chi connectivity index (χ1n) is 7.94. The monoisotopic (exact) mass is 320 g/mol. The van der Waals surface area contributed by atoms with Gasteiger partial charge in [-0.05, 0) is 42.5 Å². The van der Waals surface area contributed by atoms with Gasteiger partial charge in [0, 0.05) is 6.20 Å². The molecule has 124 valence electrons. The first-order chi connectivity index (χ1) is 11.0. The van der Waals surface area contributed by atoms with E-state index in [-0.39, 0.29) is 18.3 Å². The van der Waals surface area contributed by atoms with Crippen LogP contribution in [0.3, 0.4) is 0 Å². The Hall–Kier alpha value is -1.92. The van der Waals surface area contributed by atoms with E-state index in [0.717, 1.165) is 18.2 Å². The molecule has 5 nitrogen and oxygen atoms in total. The lowest BCUT2D eigenvalue weighted by Gasteiger charge is -2.25. The van der Waals surface area contributed by atoms with Crippen LogP contribution >= 0.6 is 0 Å². The van der Waals surface area contributed by atoms with Gasteiger partial charge < -0.3 is 20.1 Å². The molecule has 0 aliphatic heterocycles. The summed E-state index contributed by atoms with van der Waals surface area (Å²) in [5, 5.41) is 23.6. The lowest BCUT2D eigenvalue weighted by Crippen LogP contribution is -2.48. The third-order valence-corrected chi connectivity index (χ3v) is 4.47. The Labute approximate surface area is 133 Å². The number of benzene rings is 1. The smallest absolute Gasteiger partial charge is 0.240 e. The summed E-state index contributed by atoms with van der Waals surface area (Å²) in [7, 11) is 0. The highest BCUT2D eigenvalue weighted by atomic mass is 19.1. The third kappa shape index (κ3) is 3.54. The number of hydrogen-bond donors (Lipinski definition) is 3. The molecule has 1 aromatic carbocycles. The van der Waals surface area contributed by atoms with Crippen LogP contribution in [0.4, 0.5) is 4.39 Å². The normalized spacial score (nSPS) is 25.3. The van der Waals surface area contributed by atoms with Gasteiger partial charge >= 0.3 is 0 Å². The van der Waals surface area contributed by atoms with Gasteiger partial charge in [-0.15, -0.1) is 0 Å². The van der Waals surface area contributed by atoms with E-state index in [1.807, 2.05) is 6.07 Å². The maximum atomic E-state index is 13.4. The average Bonchev–Trinajstić information content (AvgIpc) is 2.84. The number of aliphatic hydroxyl groups excluding tert-OH is 2. The molecule has 3 N–H and O–H groups in total. The second kappa shape index (κ2) is 6.68. The first kappa shape index (κ1) is 16.0. The Morgan fingerprint density at radius 2 is 2.04 bits per heavy atom. The molecule has 1 fully saturated rings. The lowest BCUT2D eigenvalue weighted by molar-refractivity contribution is -0.123. The van der Waals surface area contributed by atoms with Gasteiger partial charge in [0.15, 0.2) is 0 Å². The number of nitrogens with one attached hydrogen (secondary N) is 1. The van der Waals surface area contributed by atoms with Crippen molar-refractivity contribution in [1.82, 2.24) is 9.88 Å². The van der Waals surface area contributed by atoms with Crippen molar-refractivity contribution in [2.75, 3.05) is 0 Å². The number of aromatic nitrogens is 1. The van der Waals surface area contributed by atoms with Crippen molar-refractivity contribution < 1.29 is 19.4 Å². The van der Waals surface area contributed by atoms with E-state index in [0.29, 0.717) is 18.4 Å². The average molecular weight is 320 g/mol. The second-order valence-corrected chi connectivity index (χ2v) is 6.16. The van der Waals surface area contributed by atoms with Crippen molar-refractivity contribution in [3.63, 3.8) is 0 Å². The fraction of sp³-hybridized carbons (Fsp3) is 0.471. The van der Waals surface area contributed by atoms with Crippen LogP contribution in [0.5, 0.6) is 0 Å². The molecule has 1 aliphatic carbocycles. The fourth-order valence-electron chi connectivity index (χ4n) is 3.19. The quantitative estimate of drug-likeness (QED) is 0.751. The van der Waals surface area contributed by atoms with Crippen LogP contribution in [0.1, 0.15) is 25.7 Å². The summed E-state index contributed by atoms with van der Waals surface area (Å²) in [5.41, 5.74) is 0.654. The molecule has 23 heavy (non-hydrogen) atoms. The lowest BCUT2D eigenvalue weighted by atomic mass is 10.0. The number of aliphatic hydroxyl groups is 2. The topological polar surface area (TPSA) is 74.5 Å². The largest absolute Gasteiger partial charge is 0.390 e. The van der Waals surface area contributed by atoms with Crippen LogP contribution in [-0.4, -0.2) is 38.9 Å². The molecule has 1 amide bonds. The Balaban J connectivity index is 1.69. The van der Waals surface area contributed by atoms with Crippen molar-refractivity contribution >= 4 is 16.8 Å². The molecule has 1 aromatic heterocycles. The van der Waals surface area contributed by atoms with E-state index >= 15 is 0 Å². The number of amides is 1. The van der Waals surface area contributed by atoms with Gasteiger partial charge in [0.1, 0.15) is 12.4 Å². The van der Waals surface area contributed by atoms with Crippen LogP contribution in [0.25, 0.3) is 10.9 Å². The SMILES string of the molecule is O=C(Cn1ccc2ccc(F)cc21)N[C@@H]1CCCC[C@@H](O)[C@@H]1O. The molecule has 0 spiro atoms. The number of halogens is 1. The highest BCUT2D eigenvalue weighted by Gasteiger charge is 2.29. The van der Waals surface area contributed by atoms with Crippen molar-refractivity contribution in [3.8, 4) is 0 Å². The molecule has 1 saturated carbocycles. The molecule has 2 aromatic rings. The minimum Gasteiger partial charge on any atom is -0.390 e. The van der Waals surface area contributed by atoms with Gasteiger partial charge in [-0.25, -0.2) is 4.39 Å². The minimum atomic E-state index is -0.944. The summed E-state index contributed by atoms with van der Waals surface area (Å²) < 4.78 is 15.0. The van der Waals surface area contributed by atoms with E-state index < -0.39 is 18.2 Å². The number of carbonyl (C=O) groups is 1. The van der Waals surface area contributed by atoms with Gasteiger partial charge in [-0.3, -0.25) is 4.79 Å². The Morgan fingerprint density at radius 1 is 1.26 bits per heavy atom. The number of rotatable bonds is 3. The molecule has 1 aliphatic rings. The highest BCUT2D eigenvalue weighted by Crippen LogP contribution is 2.20. The van der Waals surface area contributed by atoms with Crippen molar-refractivity contribution in [1.29, 1.82) is 0 Å². The molecular weight excluding hydrogens is 299 g/mol. The zero-order chi connectivity index (χ0) is 16.4. The summed E-state index contributed by atoms with van der Waals surface area (Å²) in [6.45, 7) is 0.0479. The van der Waals surface area contributed by atoms with Gasteiger partial charge in [0.25, 0.3) is 0 Å². The van der Waals surface area contributed by atoms with Gasteiger partial charge in [0.2, 0.25) is 5.91 Å². The summed E-state index contributed by atoms with van der Waals surface area (Å²) in [6, 6.07) is 5.83. The number of nitrogens with zero attached hydrogens (tertiary/aromatic N) is 1. The number of hydrogen-bond acceptors (Lipinski definition) is 3. The fourth-order valence-corrected chi connectivity index (χ4v) is 3.19. The summed E-state index contributed by atoms with van der Waals surface area (Å²) >= 11 is 0. The van der Waals surface area contributed by atoms with Crippen LogP contribution in [0.15, 0.2) is 30.5 Å². The molecule has 0 saturated heterocycles. The molecule has 6 heteroatoms. The molecular formula is C17H21FN2O3. The maximum absolute atomic E-state index is 13.4. The predicted octanol–water partition coefficient (Wildman–Crippen LogP) is 1.56. The Bertz CT molecular complexity index is 700. The van der Waals surface area contributed by atoms with Gasteiger partial charge in [0.05, 0.1) is 23.8 Å². The Morgan fingerprint density at radius 3 is 2.87 bits per heavy atom. The second-order valence-electron chi connectivity index (χ2n) is 6.16. The third-order valence-electron chi connectivity index (χ3n) is 4.47. The predicted molar refractivity (Wildman–Crippen MR) is 84.3 cm³/mol. The van der Waals surface area contributed by atoms with E-state index in [1.165, 1.54) is 12.1 Å². The standard InChI is InChI=1S/C17H21FN2O3/c18-12-6-5-11-7-8-20(14(11)9-12)10-16(22)19-13-3-1-2-4-15(21)17(13)23/h5-9,13,15,17,21,23H,1-4,10H2,(H,19,22)/t13-,15-,17-/m1/s1. The van der Waals surface area contributed by atoms with E-state index in [9.17, 15) is 19.4 Å². The van der Waals surface area contributed by atoms with Crippen LogP contribution in [0, 0.1) is 5.82 Å². The first-order valence-corrected chi connectivity index (χ1v) is 7.94. The number of carbonyl (C=O) groups excluding carboxylic acids is 1. The minimum absolute atomic E-state index is 0.0479. The van der Waals surface area contributed by atoms with Gasteiger partial charge in [-0.2, -0.15) is 0 Å². The molecule has 0 bridgehead atoms. The number of fused-ring (bicyclic) bond motifs is 1. The molecule has 0 unspecified atom stereocenters. The molecule has 3 atom stereocenters. The van der Waals surface area contributed by atoms with E-state index in [1.54, 1.807) is 16.8 Å². The van der Waals surface area contributed by atoms with Crippen molar-refractivity contribution in [2.45, 2.75) is 50.5 Å². The van der Waals surface area contributed by atoms with E-state index in [4.69, 9.17) is 0 Å². The maximum Gasteiger partial charge on any atom is 0.240 e.